The van der Waals surface area contributed by atoms with E-state index >= 15 is 0 Å². The van der Waals surface area contributed by atoms with Crippen molar-refractivity contribution in [2.75, 3.05) is 32.8 Å². The maximum absolute atomic E-state index is 11.5. The number of aryl methyl sites for hydroxylation is 1. The maximum Gasteiger partial charge on any atom is 0.248 e. The number of aliphatic hydroxyl groups excluding tert-OH is 1. The Morgan fingerprint density at radius 1 is 1.21 bits per heavy atom. The van der Waals surface area contributed by atoms with E-state index in [-0.39, 0.29) is 5.91 Å². The first-order valence-electron chi connectivity index (χ1n) is 8.22. The van der Waals surface area contributed by atoms with E-state index in [2.05, 4.69) is 34.1 Å². The van der Waals surface area contributed by atoms with E-state index in [0.717, 1.165) is 25.1 Å². The van der Waals surface area contributed by atoms with Gasteiger partial charge in [-0.25, -0.2) is 0 Å². The lowest BCUT2D eigenvalue weighted by Gasteiger charge is -2.33. The number of aromatic nitrogens is 2. The van der Waals surface area contributed by atoms with E-state index in [1.165, 1.54) is 5.56 Å². The number of hydrogen-bond donors (Lipinski definition) is 1. The molecular formula is C17H22N4O3. The van der Waals surface area contributed by atoms with Crippen LogP contribution in [0.2, 0.25) is 0 Å². The van der Waals surface area contributed by atoms with Crippen molar-refractivity contribution in [1.82, 2.24) is 19.9 Å². The zero-order valence-corrected chi connectivity index (χ0v) is 13.8. The molecule has 1 aliphatic rings. The molecule has 0 unspecified atom stereocenters. The van der Waals surface area contributed by atoms with E-state index in [0.29, 0.717) is 31.3 Å². The summed E-state index contributed by atoms with van der Waals surface area (Å²) in [6.07, 6.45) is 1.00. The molecule has 1 amide bonds. The molecule has 0 radical (unpaired) electrons. The van der Waals surface area contributed by atoms with Crippen LogP contribution in [0.3, 0.4) is 0 Å². The number of piperazine rings is 1. The number of carbonyl (C=O) groups is 1. The molecule has 0 spiro atoms. The standard InChI is InChI=1S/C17H22N4O3/c1-2-13-3-5-14(6-4-13)17-18-15(24-19-17)11-20-7-9-21(10-8-20)16(23)12-22/h3-6,22H,2,7-12H2,1H3. The highest BCUT2D eigenvalue weighted by atomic mass is 16.5. The van der Waals surface area contributed by atoms with Gasteiger partial charge in [-0.2, -0.15) is 4.98 Å². The topological polar surface area (TPSA) is 82.7 Å². The number of rotatable bonds is 5. The second-order valence-electron chi connectivity index (χ2n) is 5.88. The summed E-state index contributed by atoms with van der Waals surface area (Å²) in [4.78, 5) is 19.8. The smallest absolute Gasteiger partial charge is 0.248 e. The van der Waals surface area contributed by atoms with Gasteiger partial charge in [0.05, 0.1) is 6.54 Å². The van der Waals surface area contributed by atoms with Gasteiger partial charge in [-0.1, -0.05) is 36.3 Å². The Balaban J connectivity index is 1.57. The lowest BCUT2D eigenvalue weighted by Crippen LogP contribution is -2.49. The molecule has 1 fully saturated rings. The molecule has 7 heteroatoms. The van der Waals surface area contributed by atoms with Gasteiger partial charge in [0.25, 0.3) is 0 Å². The quantitative estimate of drug-likeness (QED) is 0.878. The summed E-state index contributed by atoms with van der Waals surface area (Å²) in [6.45, 7) is 4.95. The molecule has 2 aromatic rings. The Bertz CT molecular complexity index is 675. The Morgan fingerprint density at radius 3 is 2.54 bits per heavy atom. The van der Waals surface area contributed by atoms with Crippen LogP contribution in [0.1, 0.15) is 18.4 Å². The predicted molar refractivity (Wildman–Crippen MR) is 88.1 cm³/mol. The summed E-state index contributed by atoms with van der Waals surface area (Å²) in [6, 6.07) is 8.16. The Labute approximate surface area is 140 Å². The second kappa shape index (κ2) is 7.55. The number of aliphatic hydroxyl groups is 1. The fraction of sp³-hybridized carbons (Fsp3) is 0.471. The van der Waals surface area contributed by atoms with Crippen molar-refractivity contribution in [3.05, 3.63) is 35.7 Å². The Kier molecular flexibility index (Phi) is 5.22. The van der Waals surface area contributed by atoms with Gasteiger partial charge < -0.3 is 14.5 Å². The SMILES string of the molecule is CCc1ccc(-c2noc(CN3CCN(C(=O)CO)CC3)n2)cc1. The number of benzene rings is 1. The maximum atomic E-state index is 11.5. The van der Waals surface area contributed by atoms with Crippen LogP contribution >= 0.6 is 0 Å². The summed E-state index contributed by atoms with van der Waals surface area (Å²) in [7, 11) is 0. The molecule has 1 N–H and O–H groups in total. The minimum absolute atomic E-state index is 0.217. The van der Waals surface area contributed by atoms with Gasteiger partial charge in [-0.3, -0.25) is 9.69 Å². The number of amides is 1. The van der Waals surface area contributed by atoms with E-state index in [1.807, 2.05) is 12.1 Å². The largest absolute Gasteiger partial charge is 0.387 e. The van der Waals surface area contributed by atoms with Crippen LogP contribution in [0.15, 0.2) is 28.8 Å². The molecule has 7 nitrogen and oxygen atoms in total. The first kappa shape index (κ1) is 16.6. The van der Waals surface area contributed by atoms with Crippen LogP contribution in [-0.2, 0) is 17.8 Å². The molecule has 0 atom stereocenters. The first-order chi connectivity index (χ1) is 11.7. The van der Waals surface area contributed by atoms with Crippen LogP contribution in [0.4, 0.5) is 0 Å². The van der Waals surface area contributed by atoms with Crippen LogP contribution in [0, 0.1) is 0 Å². The minimum atomic E-state index is -0.427. The van der Waals surface area contributed by atoms with Gasteiger partial charge in [0, 0.05) is 31.7 Å². The van der Waals surface area contributed by atoms with Crippen molar-refractivity contribution in [2.45, 2.75) is 19.9 Å². The summed E-state index contributed by atoms with van der Waals surface area (Å²) in [5, 5.41) is 12.9. The van der Waals surface area contributed by atoms with Gasteiger partial charge in [-0.15, -0.1) is 0 Å². The van der Waals surface area contributed by atoms with E-state index in [4.69, 9.17) is 9.63 Å². The van der Waals surface area contributed by atoms with Crippen molar-refractivity contribution >= 4 is 5.91 Å². The van der Waals surface area contributed by atoms with E-state index in [1.54, 1.807) is 4.90 Å². The number of nitrogens with zero attached hydrogens (tertiary/aromatic N) is 4. The highest BCUT2D eigenvalue weighted by Crippen LogP contribution is 2.17. The average Bonchev–Trinajstić information content (AvgIpc) is 3.10. The molecule has 0 aliphatic carbocycles. The van der Waals surface area contributed by atoms with Crippen LogP contribution in [0.5, 0.6) is 0 Å². The Morgan fingerprint density at radius 2 is 1.92 bits per heavy atom. The van der Waals surface area contributed by atoms with Crippen LogP contribution in [-0.4, -0.2) is 63.7 Å². The molecule has 24 heavy (non-hydrogen) atoms. The second-order valence-corrected chi connectivity index (χ2v) is 5.88. The minimum Gasteiger partial charge on any atom is -0.387 e. The molecule has 1 aromatic carbocycles. The molecular weight excluding hydrogens is 308 g/mol. The third-order valence-corrected chi connectivity index (χ3v) is 4.31. The van der Waals surface area contributed by atoms with Crippen molar-refractivity contribution in [2.24, 2.45) is 0 Å². The molecule has 3 rings (SSSR count). The molecule has 2 heterocycles. The average molecular weight is 330 g/mol. The highest BCUT2D eigenvalue weighted by molar-refractivity contribution is 5.77. The van der Waals surface area contributed by atoms with Gasteiger partial charge in [-0.05, 0) is 12.0 Å². The molecule has 0 saturated carbocycles. The monoisotopic (exact) mass is 330 g/mol. The zero-order chi connectivity index (χ0) is 16.9. The predicted octanol–water partition coefficient (Wildman–Crippen LogP) is 0.935. The van der Waals surface area contributed by atoms with Crippen LogP contribution < -0.4 is 0 Å². The fourth-order valence-electron chi connectivity index (χ4n) is 2.77. The first-order valence-corrected chi connectivity index (χ1v) is 8.22. The zero-order valence-electron chi connectivity index (χ0n) is 13.8. The van der Waals surface area contributed by atoms with E-state index in [9.17, 15) is 4.79 Å². The highest BCUT2D eigenvalue weighted by Gasteiger charge is 2.22. The lowest BCUT2D eigenvalue weighted by molar-refractivity contribution is -0.136. The van der Waals surface area contributed by atoms with Gasteiger partial charge in [0.1, 0.15) is 6.61 Å². The summed E-state index contributed by atoms with van der Waals surface area (Å²) < 4.78 is 5.35. The molecule has 1 aromatic heterocycles. The van der Waals surface area contributed by atoms with Crippen LogP contribution in [0.25, 0.3) is 11.4 Å². The molecule has 1 saturated heterocycles. The van der Waals surface area contributed by atoms with Crippen molar-refractivity contribution in [3.8, 4) is 11.4 Å². The number of carbonyl (C=O) groups excluding carboxylic acids is 1. The lowest BCUT2D eigenvalue weighted by atomic mass is 10.1. The van der Waals surface area contributed by atoms with Gasteiger partial charge in [0.2, 0.25) is 17.6 Å². The van der Waals surface area contributed by atoms with Gasteiger partial charge >= 0.3 is 0 Å². The van der Waals surface area contributed by atoms with Crippen molar-refractivity contribution in [1.29, 1.82) is 0 Å². The van der Waals surface area contributed by atoms with Gasteiger partial charge in [0.15, 0.2) is 0 Å². The number of hydrogen-bond acceptors (Lipinski definition) is 6. The third kappa shape index (κ3) is 3.80. The molecule has 0 bridgehead atoms. The summed E-state index contributed by atoms with van der Waals surface area (Å²) in [5.74, 6) is 0.957. The van der Waals surface area contributed by atoms with E-state index < -0.39 is 6.61 Å². The third-order valence-electron chi connectivity index (χ3n) is 4.31. The Hall–Kier alpha value is -2.25. The van der Waals surface area contributed by atoms with Crippen molar-refractivity contribution in [3.63, 3.8) is 0 Å². The molecule has 1 aliphatic heterocycles. The van der Waals surface area contributed by atoms with Crippen molar-refractivity contribution < 1.29 is 14.4 Å². The molecule has 128 valence electrons. The normalized spacial score (nSPS) is 15.7. The summed E-state index contributed by atoms with van der Waals surface area (Å²) >= 11 is 0. The fourth-order valence-corrected chi connectivity index (χ4v) is 2.77. The summed E-state index contributed by atoms with van der Waals surface area (Å²) in [5.41, 5.74) is 2.22.